The maximum atomic E-state index is 14.6. The molecule has 0 unspecified atom stereocenters. The molecule has 0 spiro atoms. The Bertz CT molecular complexity index is 584. The summed E-state index contributed by atoms with van der Waals surface area (Å²) in [5.41, 5.74) is 1.81. The van der Waals surface area contributed by atoms with Crippen molar-refractivity contribution in [3.63, 3.8) is 0 Å². The average Bonchev–Trinajstić information content (AvgIpc) is 2.63. The molecule has 0 aliphatic carbocycles. The Balaban J connectivity index is 2.49. The van der Waals surface area contributed by atoms with Crippen molar-refractivity contribution in [2.45, 2.75) is 24.1 Å². The number of halogens is 1. The number of hydrogen-bond acceptors (Lipinski definition) is 6. The number of terminal acetylenes is 1. The van der Waals surface area contributed by atoms with Crippen molar-refractivity contribution < 1.29 is 19.3 Å². The monoisotopic (exact) mass is 269 g/mol. The molecule has 4 atom stereocenters. The predicted molar refractivity (Wildman–Crippen MR) is 62.6 cm³/mol. The van der Waals surface area contributed by atoms with E-state index in [2.05, 4.69) is 4.98 Å². The summed E-state index contributed by atoms with van der Waals surface area (Å²) in [6.45, 7) is -0.637. The number of alkyl halides is 1. The second-order valence-corrected chi connectivity index (χ2v) is 4.11. The minimum Gasteiger partial charge on any atom is -0.394 e. The van der Waals surface area contributed by atoms with Crippen LogP contribution in [0.25, 0.3) is 0 Å². The van der Waals surface area contributed by atoms with E-state index in [9.17, 15) is 14.3 Å². The van der Waals surface area contributed by atoms with Gasteiger partial charge in [-0.3, -0.25) is 4.57 Å². The fourth-order valence-electron chi connectivity index (χ4n) is 1.93. The summed E-state index contributed by atoms with van der Waals surface area (Å²) >= 11 is 0. The van der Waals surface area contributed by atoms with Crippen LogP contribution in [-0.4, -0.2) is 44.2 Å². The van der Waals surface area contributed by atoms with Crippen LogP contribution in [0.4, 0.5) is 10.2 Å². The number of nitrogens with two attached hydrogens (primary N) is 1. The van der Waals surface area contributed by atoms with Crippen LogP contribution in [-0.2, 0) is 4.74 Å². The Morgan fingerprint density at radius 1 is 1.74 bits per heavy atom. The summed E-state index contributed by atoms with van der Waals surface area (Å²) in [5, 5.41) is 18.7. The van der Waals surface area contributed by atoms with Gasteiger partial charge in [0.25, 0.3) is 0 Å². The van der Waals surface area contributed by atoms with Crippen LogP contribution >= 0.6 is 0 Å². The van der Waals surface area contributed by atoms with Crippen molar-refractivity contribution in [1.29, 1.82) is 0 Å². The SMILES string of the molecule is C#C[C@@]1(F)[C@H](O)[C@@H](CO)O[C@H]1n1ccc(N)nc1=O. The smallest absolute Gasteiger partial charge is 0.351 e. The number of nitrogens with zero attached hydrogens (tertiary/aromatic N) is 2. The van der Waals surface area contributed by atoms with Crippen LogP contribution in [0.1, 0.15) is 6.23 Å². The number of rotatable bonds is 2. The van der Waals surface area contributed by atoms with E-state index in [1.54, 1.807) is 5.92 Å². The van der Waals surface area contributed by atoms with E-state index < -0.39 is 36.4 Å². The molecule has 1 aromatic rings. The summed E-state index contributed by atoms with van der Waals surface area (Å²) in [5.74, 6) is 1.73. The highest BCUT2D eigenvalue weighted by Gasteiger charge is 2.57. The van der Waals surface area contributed by atoms with Crippen molar-refractivity contribution >= 4 is 5.82 Å². The molecule has 0 saturated carbocycles. The lowest BCUT2D eigenvalue weighted by Gasteiger charge is -2.23. The fraction of sp³-hybridized carbons (Fsp3) is 0.455. The predicted octanol–water partition coefficient (Wildman–Crippen LogP) is -1.58. The largest absolute Gasteiger partial charge is 0.394 e. The average molecular weight is 269 g/mol. The first-order valence-corrected chi connectivity index (χ1v) is 5.39. The quantitative estimate of drug-likeness (QED) is 0.559. The first-order chi connectivity index (χ1) is 8.93. The van der Waals surface area contributed by atoms with E-state index in [1.165, 1.54) is 6.07 Å². The molecular formula is C11H12FN3O4. The lowest BCUT2D eigenvalue weighted by atomic mass is 9.97. The number of aliphatic hydroxyl groups is 2. The zero-order valence-electron chi connectivity index (χ0n) is 9.73. The number of hydrogen-bond donors (Lipinski definition) is 3. The third kappa shape index (κ3) is 1.98. The molecule has 2 rings (SSSR count). The first kappa shape index (κ1) is 13.5. The number of aromatic nitrogens is 2. The molecule has 0 aromatic carbocycles. The topological polar surface area (TPSA) is 111 Å². The molecule has 2 heterocycles. The van der Waals surface area contributed by atoms with E-state index in [1.807, 2.05) is 0 Å². The molecule has 1 aromatic heterocycles. The van der Waals surface area contributed by atoms with Gasteiger partial charge in [-0.05, 0) is 6.07 Å². The molecule has 0 bridgehead atoms. The molecule has 1 aliphatic rings. The Hall–Kier alpha value is -1.95. The number of aliphatic hydroxyl groups excluding tert-OH is 2. The molecular weight excluding hydrogens is 257 g/mol. The Labute approximate surface area is 107 Å². The third-order valence-electron chi connectivity index (χ3n) is 2.95. The van der Waals surface area contributed by atoms with Gasteiger partial charge in [0.15, 0.2) is 6.23 Å². The van der Waals surface area contributed by atoms with Crippen LogP contribution in [0.5, 0.6) is 0 Å². The first-order valence-electron chi connectivity index (χ1n) is 5.39. The minimum atomic E-state index is -2.64. The number of anilines is 1. The summed E-state index contributed by atoms with van der Waals surface area (Å²) in [4.78, 5) is 15.1. The van der Waals surface area contributed by atoms with E-state index in [-0.39, 0.29) is 5.82 Å². The second kappa shape index (κ2) is 4.62. The van der Waals surface area contributed by atoms with Gasteiger partial charge in [-0.15, -0.1) is 6.42 Å². The summed E-state index contributed by atoms with van der Waals surface area (Å²) < 4.78 is 20.4. The van der Waals surface area contributed by atoms with E-state index in [0.717, 1.165) is 10.8 Å². The van der Waals surface area contributed by atoms with Crippen LogP contribution in [0.15, 0.2) is 17.1 Å². The van der Waals surface area contributed by atoms with Gasteiger partial charge in [0.05, 0.1) is 6.61 Å². The van der Waals surface area contributed by atoms with Gasteiger partial charge in [-0.25, -0.2) is 9.18 Å². The van der Waals surface area contributed by atoms with Gasteiger partial charge < -0.3 is 20.7 Å². The van der Waals surface area contributed by atoms with Gasteiger partial charge >= 0.3 is 5.69 Å². The third-order valence-corrected chi connectivity index (χ3v) is 2.95. The summed E-state index contributed by atoms with van der Waals surface area (Å²) in [7, 11) is 0. The van der Waals surface area contributed by atoms with Crippen LogP contribution < -0.4 is 11.4 Å². The normalized spacial score (nSPS) is 34.1. The van der Waals surface area contributed by atoms with Gasteiger partial charge in [-0.1, -0.05) is 5.92 Å². The van der Waals surface area contributed by atoms with Gasteiger partial charge in [0.2, 0.25) is 5.67 Å². The molecule has 8 heteroatoms. The van der Waals surface area contributed by atoms with E-state index in [0.29, 0.717) is 0 Å². The van der Waals surface area contributed by atoms with E-state index >= 15 is 0 Å². The summed E-state index contributed by atoms with van der Waals surface area (Å²) in [6, 6.07) is 1.26. The fourth-order valence-corrected chi connectivity index (χ4v) is 1.93. The zero-order chi connectivity index (χ0) is 14.2. The molecule has 4 N–H and O–H groups in total. The number of ether oxygens (including phenoxy) is 1. The Morgan fingerprint density at radius 3 is 2.95 bits per heavy atom. The lowest BCUT2D eigenvalue weighted by molar-refractivity contribution is -0.0542. The molecule has 1 saturated heterocycles. The molecule has 102 valence electrons. The van der Waals surface area contributed by atoms with Crippen molar-refractivity contribution in [3.8, 4) is 12.3 Å². The van der Waals surface area contributed by atoms with Gasteiger partial charge in [0.1, 0.15) is 18.0 Å². The lowest BCUT2D eigenvalue weighted by Crippen LogP contribution is -2.44. The molecule has 0 radical (unpaired) electrons. The van der Waals surface area contributed by atoms with Crippen molar-refractivity contribution in [1.82, 2.24) is 9.55 Å². The van der Waals surface area contributed by atoms with Crippen LogP contribution in [0, 0.1) is 12.3 Å². The summed E-state index contributed by atoms with van der Waals surface area (Å²) in [6.07, 6.45) is 1.68. The van der Waals surface area contributed by atoms with Gasteiger partial charge in [-0.2, -0.15) is 4.98 Å². The maximum Gasteiger partial charge on any atom is 0.351 e. The molecule has 7 nitrogen and oxygen atoms in total. The highest BCUT2D eigenvalue weighted by atomic mass is 19.1. The minimum absolute atomic E-state index is 0.0383. The Morgan fingerprint density at radius 2 is 2.42 bits per heavy atom. The highest BCUT2D eigenvalue weighted by Crippen LogP contribution is 2.40. The maximum absolute atomic E-state index is 14.6. The van der Waals surface area contributed by atoms with E-state index in [4.69, 9.17) is 22.0 Å². The van der Waals surface area contributed by atoms with Crippen LogP contribution in [0.3, 0.4) is 0 Å². The zero-order valence-corrected chi connectivity index (χ0v) is 9.73. The van der Waals surface area contributed by atoms with Crippen molar-refractivity contribution in [2.75, 3.05) is 12.3 Å². The van der Waals surface area contributed by atoms with Crippen molar-refractivity contribution in [3.05, 3.63) is 22.7 Å². The highest BCUT2D eigenvalue weighted by molar-refractivity contribution is 5.25. The second-order valence-electron chi connectivity index (χ2n) is 4.11. The molecule has 19 heavy (non-hydrogen) atoms. The van der Waals surface area contributed by atoms with Crippen LogP contribution in [0.2, 0.25) is 0 Å². The van der Waals surface area contributed by atoms with Crippen molar-refractivity contribution in [2.24, 2.45) is 0 Å². The van der Waals surface area contributed by atoms with Gasteiger partial charge in [0, 0.05) is 6.20 Å². The molecule has 1 fully saturated rings. The molecule has 0 amide bonds. The standard InChI is InChI=1S/C11H12FN3O4/c1-2-11(12)8(17)6(5-16)19-9(11)15-4-3-7(13)14-10(15)18/h1,3-4,6,8-9,16-17H,5H2,(H2,13,14,18)/t6-,8-,9-,11-/m1/s1. The molecule has 1 aliphatic heterocycles. The Kier molecular flexibility index (Phi) is 3.28. The number of nitrogen functional groups attached to an aromatic ring is 1.